The molecule has 0 aliphatic rings. The van der Waals surface area contributed by atoms with Crippen LogP contribution in [0.4, 0.5) is 5.69 Å². The Hall–Kier alpha value is -1.80. The zero-order chi connectivity index (χ0) is 13.0. The molecular formula is C12H16N2O3. The molecule has 0 amide bonds. The van der Waals surface area contributed by atoms with Crippen molar-refractivity contribution < 1.29 is 9.84 Å². The number of nitrogens with zero attached hydrogens (tertiary/aromatic N) is 2. The van der Waals surface area contributed by atoms with Crippen LogP contribution in [0.15, 0.2) is 4.79 Å². The van der Waals surface area contributed by atoms with Crippen molar-refractivity contribution in [3.63, 3.8) is 0 Å². The summed E-state index contributed by atoms with van der Waals surface area (Å²) in [6.07, 6.45) is 0. The van der Waals surface area contributed by atoms with Crippen LogP contribution in [0.1, 0.15) is 18.1 Å². The molecule has 0 unspecified atom stereocenters. The second-order valence-electron chi connectivity index (χ2n) is 3.69. The van der Waals surface area contributed by atoms with E-state index in [1.807, 2.05) is 6.92 Å². The molecular weight excluding hydrogens is 220 g/mol. The van der Waals surface area contributed by atoms with Gasteiger partial charge in [-0.15, -0.1) is 0 Å². The van der Waals surface area contributed by atoms with Crippen molar-refractivity contribution in [1.29, 1.82) is 0 Å². The third-order valence-corrected chi connectivity index (χ3v) is 2.73. The number of pyridine rings is 1. The Kier molecular flexibility index (Phi) is 4.30. The Morgan fingerprint density at radius 2 is 2.06 bits per heavy atom. The highest BCUT2D eigenvalue weighted by molar-refractivity contribution is 5.55. The Labute approximate surface area is 100 Å². The van der Waals surface area contributed by atoms with Gasteiger partial charge in [-0.3, -0.25) is 9.36 Å². The molecule has 1 heterocycles. The number of rotatable bonds is 4. The second kappa shape index (κ2) is 5.51. The van der Waals surface area contributed by atoms with Crippen molar-refractivity contribution in [1.82, 2.24) is 4.57 Å². The summed E-state index contributed by atoms with van der Waals surface area (Å²) in [5.41, 5.74) is 0.708. The van der Waals surface area contributed by atoms with Crippen molar-refractivity contribution in [2.75, 3.05) is 13.2 Å². The zero-order valence-corrected chi connectivity index (χ0v) is 10.3. The predicted octanol–water partition coefficient (Wildman–Crippen LogP) is 1.76. The molecule has 0 spiro atoms. The van der Waals surface area contributed by atoms with Crippen LogP contribution >= 0.6 is 0 Å². The topological polar surface area (TPSA) is 55.8 Å². The molecule has 1 aromatic heterocycles. The Bertz CT molecular complexity index is 512. The number of hydrogen-bond donors (Lipinski definition) is 1. The first-order chi connectivity index (χ1) is 8.04. The van der Waals surface area contributed by atoms with Crippen LogP contribution < -0.4 is 5.56 Å². The molecule has 0 radical (unpaired) electrons. The Morgan fingerprint density at radius 1 is 1.41 bits per heavy atom. The van der Waals surface area contributed by atoms with E-state index in [9.17, 15) is 9.90 Å². The normalized spacial score (nSPS) is 10.2. The van der Waals surface area contributed by atoms with Gasteiger partial charge in [-0.1, -0.05) is 0 Å². The van der Waals surface area contributed by atoms with Crippen LogP contribution in [-0.4, -0.2) is 22.9 Å². The van der Waals surface area contributed by atoms with Crippen LogP contribution in [0.25, 0.3) is 4.85 Å². The third-order valence-electron chi connectivity index (χ3n) is 2.73. The van der Waals surface area contributed by atoms with Crippen molar-refractivity contribution >= 4 is 5.69 Å². The van der Waals surface area contributed by atoms with Crippen molar-refractivity contribution in [3.8, 4) is 5.88 Å². The first-order valence-corrected chi connectivity index (χ1v) is 5.42. The fraction of sp³-hybridized carbons (Fsp3) is 0.500. The van der Waals surface area contributed by atoms with E-state index in [2.05, 4.69) is 4.85 Å². The van der Waals surface area contributed by atoms with Crippen LogP contribution in [0.3, 0.4) is 0 Å². The molecule has 0 bridgehead atoms. The Balaban J connectivity index is 3.27. The molecule has 17 heavy (non-hydrogen) atoms. The lowest BCUT2D eigenvalue weighted by molar-refractivity contribution is 0.136. The van der Waals surface area contributed by atoms with Crippen molar-refractivity contribution in [3.05, 3.63) is 32.9 Å². The highest BCUT2D eigenvalue weighted by Crippen LogP contribution is 2.24. The minimum absolute atomic E-state index is 0.0665. The van der Waals surface area contributed by atoms with E-state index in [4.69, 9.17) is 11.3 Å². The molecule has 5 nitrogen and oxygen atoms in total. The summed E-state index contributed by atoms with van der Waals surface area (Å²) in [7, 11) is 0. The van der Waals surface area contributed by atoms with E-state index in [0.29, 0.717) is 24.3 Å². The molecule has 1 aromatic rings. The van der Waals surface area contributed by atoms with E-state index < -0.39 is 5.56 Å². The highest BCUT2D eigenvalue weighted by atomic mass is 16.5. The van der Waals surface area contributed by atoms with Gasteiger partial charge >= 0.3 is 0 Å². The first kappa shape index (κ1) is 13.3. The molecule has 0 atom stereocenters. The predicted molar refractivity (Wildman–Crippen MR) is 64.6 cm³/mol. The largest absolute Gasteiger partial charge is 0.494 e. The zero-order valence-electron chi connectivity index (χ0n) is 10.3. The fourth-order valence-electron chi connectivity index (χ4n) is 1.57. The molecule has 92 valence electrons. The molecule has 0 aliphatic heterocycles. The van der Waals surface area contributed by atoms with Gasteiger partial charge in [0, 0.05) is 12.2 Å². The molecule has 1 N–H and O–H groups in total. The van der Waals surface area contributed by atoms with Crippen LogP contribution in [0.2, 0.25) is 0 Å². The molecule has 0 aromatic carbocycles. The van der Waals surface area contributed by atoms with Gasteiger partial charge in [0.15, 0.2) is 5.88 Å². The lowest BCUT2D eigenvalue weighted by atomic mass is 10.1. The maximum Gasteiger partial charge on any atom is 0.259 e. The van der Waals surface area contributed by atoms with Gasteiger partial charge in [-0.25, -0.2) is 4.85 Å². The summed E-state index contributed by atoms with van der Waals surface area (Å²) in [6.45, 7) is 13.4. The Morgan fingerprint density at radius 3 is 2.59 bits per heavy atom. The van der Waals surface area contributed by atoms with E-state index >= 15 is 0 Å². The minimum Gasteiger partial charge on any atom is -0.494 e. The quantitative estimate of drug-likeness (QED) is 0.640. The molecule has 0 saturated carbocycles. The standard InChI is InChI=1S/C12H16N2O3/c1-5-17-7-6-14-11(15)9(3)8(2)10(13-4)12(14)16/h15H,5-7H2,1-3H3. The van der Waals surface area contributed by atoms with Gasteiger partial charge in [-0.05, 0) is 26.3 Å². The summed E-state index contributed by atoms with van der Waals surface area (Å²) in [4.78, 5) is 15.1. The molecule has 0 saturated heterocycles. The van der Waals surface area contributed by atoms with Gasteiger partial charge < -0.3 is 9.84 Å². The maximum absolute atomic E-state index is 11.9. The van der Waals surface area contributed by atoms with Gasteiger partial charge in [0.25, 0.3) is 11.2 Å². The van der Waals surface area contributed by atoms with Crippen molar-refractivity contribution in [2.45, 2.75) is 27.3 Å². The van der Waals surface area contributed by atoms with Crippen LogP contribution in [-0.2, 0) is 11.3 Å². The van der Waals surface area contributed by atoms with Crippen LogP contribution in [0.5, 0.6) is 5.88 Å². The lowest BCUT2D eigenvalue weighted by Gasteiger charge is -2.13. The summed E-state index contributed by atoms with van der Waals surface area (Å²) < 4.78 is 6.33. The van der Waals surface area contributed by atoms with Crippen molar-refractivity contribution in [2.24, 2.45) is 0 Å². The van der Waals surface area contributed by atoms with Gasteiger partial charge in [-0.2, -0.15) is 0 Å². The lowest BCUT2D eigenvalue weighted by Crippen LogP contribution is -2.23. The smallest absolute Gasteiger partial charge is 0.259 e. The second-order valence-corrected chi connectivity index (χ2v) is 3.69. The van der Waals surface area contributed by atoms with E-state index in [-0.39, 0.29) is 18.1 Å². The molecule has 0 aliphatic carbocycles. The number of hydrogen-bond acceptors (Lipinski definition) is 3. The average molecular weight is 236 g/mol. The third kappa shape index (κ3) is 2.48. The summed E-state index contributed by atoms with van der Waals surface area (Å²) in [5.74, 6) is -0.0837. The summed E-state index contributed by atoms with van der Waals surface area (Å²) in [5, 5.41) is 9.88. The molecule has 0 fully saturated rings. The van der Waals surface area contributed by atoms with Gasteiger partial charge in [0.05, 0.1) is 19.7 Å². The monoisotopic (exact) mass is 236 g/mol. The fourth-order valence-corrected chi connectivity index (χ4v) is 1.57. The van der Waals surface area contributed by atoms with E-state index in [1.165, 1.54) is 4.57 Å². The summed E-state index contributed by atoms with van der Waals surface area (Å²) in [6, 6.07) is 0. The average Bonchev–Trinajstić information content (AvgIpc) is 2.32. The highest BCUT2D eigenvalue weighted by Gasteiger charge is 2.15. The summed E-state index contributed by atoms with van der Waals surface area (Å²) >= 11 is 0. The number of ether oxygens (including phenoxy) is 1. The molecule has 1 rings (SSSR count). The van der Waals surface area contributed by atoms with Gasteiger partial charge in [0.1, 0.15) is 0 Å². The first-order valence-electron chi connectivity index (χ1n) is 5.42. The SMILES string of the molecule is [C-]#[N+]c1c(C)c(C)c(O)n(CCOCC)c1=O. The number of aromatic hydroxyl groups is 1. The van der Waals surface area contributed by atoms with E-state index in [1.54, 1.807) is 13.8 Å². The van der Waals surface area contributed by atoms with Crippen LogP contribution in [0, 0.1) is 20.4 Å². The van der Waals surface area contributed by atoms with E-state index in [0.717, 1.165) is 0 Å². The maximum atomic E-state index is 11.9. The molecule has 5 heteroatoms. The number of aromatic nitrogens is 1. The van der Waals surface area contributed by atoms with Gasteiger partial charge in [0.2, 0.25) is 0 Å². The minimum atomic E-state index is -0.458.